The van der Waals surface area contributed by atoms with E-state index in [2.05, 4.69) is 26.0 Å². The van der Waals surface area contributed by atoms with Crippen molar-refractivity contribution in [1.29, 1.82) is 0 Å². The van der Waals surface area contributed by atoms with E-state index in [1.54, 1.807) is 0 Å². The van der Waals surface area contributed by atoms with Crippen LogP contribution < -0.4 is 0 Å². The van der Waals surface area contributed by atoms with E-state index in [1.807, 2.05) is 0 Å². The van der Waals surface area contributed by atoms with Gasteiger partial charge in [-0.2, -0.15) is 0 Å². The second kappa shape index (κ2) is 6.69. The summed E-state index contributed by atoms with van der Waals surface area (Å²) in [4.78, 5) is 25.3. The number of ether oxygens (including phenoxy) is 4. The normalized spacial score (nSPS) is 46.2. The van der Waals surface area contributed by atoms with Gasteiger partial charge in [0.1, 0.15) is 5.60 Å². The molecule has 174 valence electrons. The van der Waals surface area contributed by atoms with Crippen molar-refractivity contribution in [2.75, 3.05) is 20.3 Å². The maximum atomic E-state index is 13.1. The molecule has 4 aliphatic carbocycles. The van der Waals surface area contributed by atoms with Crippen molar-refractivity contribution in [2.45, 2.75) is 76.6 Å². The zero-order valence-electron chi connectivity index (χ0n) is 19.4. The number of rotatable bonds is 1. The highest BCUT2D eigenvalue weighted by Gasteiger charge is 2.67. The van der Waals surface area contributed by atoms with Crippen LogP contribution in [0.1, 0.15) is 65.2 Å². The molecule has 0 N–H and O–H groups in total. The lowest BCUT2D eigenvalue weighted by molar-refractivity contribution is -0.177. The maximum absolute atomic E-state index is 13.1. The van der Waals surface area contributed by atoms with Crippen LogP contribution in [0.2, 0.25) is 0 Å². The minimum atomic E-state index is -0.530. The van der Waals surface area contributed by atoms with Crippen molar-refractivity contribution in [2.24, 2.45) is 28.6 Å². The average Bonchev–Trinajstić information content (AvgIpc) is 3.47. The molecule has 2 aliphatic heterocycles. The van der Waals surface area contributed by atoms with Crippen LogP contribution in [0.4, 0.5) is 0 Å². The van der Waals surface area contributed by atoms with Crippen LogP contribution in [0.5, 0.6) is 0 Å². The third kappa shape index (κ3) is 2.54. The van der Waals surface area contributed by atoms with Crippen molar-refractivity contribution >= 4 is 11.9 Å². The Hall–Kier alpha value is -1.66. The van der Waals surface area contributed by atoms with Gasteiger partial charge in [-0.1, -0.05) is 37.1 Å². The monoisotopic (exact) mass is 442 g/mol. The molecule has 0 amide bonds. The number of hydrogen-bond acceptors (Lipinski definition) is 6. The number of hydrogen-bond donors (Lipinski definition) is 0. The Morgan fingerprint density at radius 1 is 1.12 bits per heavy atom. The van der Waals surface area contributed by atoms with Gasteiger partial charge in [-0.15, -0.1) is 0 Å². The summed E-state index contributed by atoms with van der Waals surface area (Å²) >= 11 is 0. The number of fused-ring (bicyclic) bond motifs is 6. The quantitative estimate of drug-likeness (QED) is 0.450. The molecule has 6 nitrogen and oxygen atoms in total. The maximum Gasteiger partial charge on any atom is 0.313 e. The molecule has 0 bridgehead atoms. The standard InChI is InChI=1S/C26H34O6/c1-23-10-11-26(30-12-13-31-26)15-16(23)14-17(22(28)29-3)21-18(23)4-7-24(2)19(21)5-8-25(24)9-6-20(27)32-25/h4,14,17,19,21H,5-13,15H2,1-3H3/t17-,19+,21-,23+,24+,25?/m1/s1. The van der Waals surface area contributed by atoms with E-state index in [0.717, 1.165) is 38.5 Å². The average molecular weight is 443 g/mol. The molecule has 4 fully saturated rings. The summed E-state index contributed by atoms with van der Waals surface area (Å²) in [5.74, 6) is -0.703. The van der Waals surface area contributed by atoms with Gasteiger partial charge in [0.25, 0.3) is 0 Å². The third-order valence-corrected chi connectivity index (χ3v) is 10.2. The number of allylic oxidation sites excluding steroid dienone is 2. The minimum absolute atomic E-state index is 0.0712. The Morgan fingerprint density at radius 2 is 1.91 bits per heavy atom. The topological polar surface area (TPSA) is 71.1 Å². The molecule has 2 saturated heterocycles. The van der Waals surface area contributed by atoms with E-state index in [9.17, 15) is 9.59 Å². The van der Waals surface area contributed by atoms with Crippen molar-refractivity contribution in [3.05, 3.63) is 23.3 Å². The van der Waals surface area contributed by atoms with Crippen LogP contribution in [0.3, 0.4) is 0 Å². The summed E-state index contributed by atoms with van der Waals surface area (Å²) < 4.78 is 23.5. The van der Waals surface area contributed by atoms with E-state index >= 15 is 0 Å². The highest BCUT2D eigenvalue weighted by atomic mass is 16.7. The van der Waals surface area contributed by atoms with E-state index in [0.29, 0.717) is 32.0 Å². The zero-order chi connectivity index (χ0) is 22.4. The van der Waals surface area contributed by atoms with Crippen LogP contribution >= 0.6 is 0 Å². The zero-order valence-corrected chi connectivity index (χ0v) is 19.4. The second-order valence-corrected chi connectivity index (χ2v) is 11.3. The van der Waals surface area contributed by atoms with Crippen molar-refractivity contribution < 1.29 is 28.5 Å². The molecule has 2 saturated carbocycles. The highest BCUT2D eigenvalue weighted by molar-refractivity contribution is 5.77. The van der Waals surface area contributed by atoms with Crippen LogP contribution in [-0.2, 0) is 28.5 Å². The van der Waals surface area contributed by atoms with Crippen LogP contribution in [0.25, 0.3) is 0 Å². The summed E-state index contributed by atoms with van der Waals surface area (Å²) in [6.45, 7) is 5.91. The van der Waals surface area contributed by atoms with E-state index in [-0.39, 0.29) is 40.2 Å². The van der Waals surface area contributed by atoms with Gasteiger partial charge in [-0.25, -0.2) is 0 Å². The van der Waals surface area contributed by atoms with Gasteiger partial charge in [0, 0.05) is 36.0 Å². The van der Waals surface area contributed by atoms with Gasteiger partial charge in [0.05, 0.1) is 26.2 Å². The molecule has 0 radical (unpaired) electrons. The second-order valence-electron chi connectivity index (χ2n) is 11.3. The molecule has 1 unspecified atom stereocenters. The summed E-state index contributed by atoms with van der Waals surface area (Å²) in [5.41, 5.74) is 2.03. The highest BCUT2D eigenvalue weighted by Crippen LogP contribution is 2.69. The number of carbonyl (C=O) groups excluding carboxylic acids is 2. The molecule has 6 heteroatoms. The fourth-order valence-corrected chi connectivity index (χ4v) is 8.32. The van der Waals surface area contributed by atoms with Gasteiger partial charge in [-0.05, 0) is 38.0 Å². The first-order valence-corrected chi connectivity index (χ1v) is 12.3. The van der Waals surface area contributed by atoms with Gasteiger partial charge in [0.2, 0.25) is 0 Å². The van der Waals surface area contributed by atoms with E-state index in [1.165, 1.54) is 18.3 Å². The Labute approximate surface area is 189 Å². The fraction of sp³-hybridized carbons (Fsp3) is 0.769. The van der Waals surface area contributed by atoms with Crippen LogP contribution in [0.15, 0.2) is 23.3 Å². The van der Waals surface area contributed by atoms with E-state index < -0.39 is 5.79 Å². The van der Waals surface area contributed by atoms with Gasteiger partial charge in [-0.3, -0.25) is 9.59 Å². The van der Waals surface area contributed by atoms with Gasteiger partial charge >= 0.3 is 11.9 Å². The molecule has 2 spiro atoms. The molecular weight excluding hydrogens is 408 g/mol. The first-order chi connectivity index (χ1) is 15.3. The molecule has 0 aromatic carbocycles. The Bertz CT molecular complexity index is 929. The van der Waals surface area contributed by atoms with Crippen LogP contribution in [0, 0.1) is 28.6 Å². The summed E-state index contributed by atoms with van der Waals surface area (Å²) in [6, 6.07) is 0. The first kappa shape index (κ1) is 20.9. The predicted molar refractivity (Wildman–Crippen MR) is 115 cm³/mol. The molecule has 6 rings (SSSR count). The number of esters is 2. The largest absolute Gasteiger partial charge is 0.469 e. The molecule has 0 aromatic heterocycles. The molecule has 6 aliphatic rings. The SMILES string of the molecule is COC(=O)[C@@H]1C=C2CC3(CC[C@]2(C)C2=CC[C@@]4(C)[C@@H](CCC45CCC(=O)O5)[C@@H]21)OCCO3. The molecule has 6 atom stereocenters. The van der Waals surface area contributed by atoms with Crippen LogP contribution in [-0.4, -0.2) is 43.7 Å². The summed E-state index contributed by atoms with van der Waals surface area (Å²) in [7, 11) is 1.49. The lowest BCUT2D eigenvalue weighted by atomic mass is 9.48. The van der Waals surface area contributed by atoms with Crippen molar-refractivity contribution in [1.82, 2.24) is 0 Å². The predicted octanol–water partition coefficient (Wildman–Crippen LogP) is 4.09. The summed E-state index contributed by atoms with van der Waals surface area (Å²) in [6.07, 6.45) is 11.2. The van der Waals surface area contributed by atoms with Gasteiger partial charge < -0.3 is 18.9 Å². The Morgan fingerprint density at radius 3 is 2.59 bits per heavy atom. The van der Waals surface area contributed by atoms with E-state index in [4.69, 9.17) is 18.9 Å². The molecular formula is C26H34O6. The minimum Gasteiger partial charge on any atom is -0.469 e. The smallest absolute Gasteiger partial charge is 0.313 e. The lowest BCUT2D eigenvalue weighted by Gasteiger charge is -2.57. The molecule has 2 heterocycles. The molecule has 0 aromatic rings. The molecule has 32 heavy (non-hydrogen) atoms. The van der Waals surface area contributed by atoms with Gasteiger partial charge in [0.15, 0.2) is 5.79 Å². The number of carbonyl (C=O) groups is 2. The fourth-order valence-electron chi connectivity index (χ4n) is 8.32. The third-order valence-electron chi connectivity index (χ3n) is 10.2. The number of methoxy groups -OCH3 is 1. The summed E-state index contributed by atoms with van der Waals surface area (Å²) in [5, 5.41) is 0. The Kier molecular flexibility index (Phi) is 4.37. The van der Waals surface area contributed by atoms with Crippen molar-refractivity contribution in [3.63, 3.8) is 0 Å². The first-order valence-electron chi connectivity index (χ1n) is 12.3. The Balaban J connectivity index is 1.44. The van der Waals surface area contributed by atoms with Crippen molar-refractivity contribution in [3.8, 4) is 0 Å². The lowest BCUT2D eigenvalue weighted by Crippen LogP contribution is -2.54.